The van der Waals surface area contributed by atoms with Crippen molar-refractivity contribution in [1.82, 2.24) is 10.2 Å². The lowest BCUT2D eigenvalue weighted by Gasteiger charge is -2.19. The summed E-state index contributed by atoms with van der Waals surface area (Å²) in [6.07, 6.45) is 0. The van der Waals surface area contributed by atoms with E-state index in [4.69, 9.17) is 0 Å². The van der Waals surface area contributed by atoms with Gasteiger partial charge in [0.2, 0.25) is 11.8 Å². The monoisotopic (exact) mass is 353 g/mol. The van der Waals surface area contributed by atoms with Crippen LogP contribution in [0.1, 0.15) is 29.7 Å². The van der Waals surface area contributed by atoms with Crippen LogP contribution in [-0.4, -0.2) is 36.9 Å². The van der Waals surface area contributed by atoms with Gasteiger partial charge in [0.05, 0.1) is 19.1 Å². The molecule has 138 valence electrons. The lowest BCUT2D eigenvalue weighted by molar-refractivity contribution is -0.123. The van der Waals surface area contributed by atoms with Crippen LogP contribution in [0, 0.1) is 13.8 Å². The van der Waals surface area contributed by atoms with Gasteiger partial charge >= 0.3 is 0 Å². The second-order valence-corrected chi connectivity index (χ2v) is 6.69. The number of carbonyl (C=O) groups excluding carboxylic acids is 2. The zero-order valence-electron chi connectivity index (χ0n) is 15.9. The van der Waals surface area contributed by atoms with Crippen molar-refractivity contribution in [3.05, 3.63) is 65.2 Å². The summed E-state index contributed by atoms with van der Waals surface area (Å²) in [7, 11) is 1.76. The fraction of sp³-hybridized carbons (Fsp3) is 0.333. The van der Waals surface area contributed by atoms with Crippen molar-refractivity contribution in [3.8, 4) is 0 Å². The highest BCUT2D eigenvalue weighted by Crippen LogP contribution is 2.19. The molecule has 1 atom stereocenters. The van der Waals surface area contributed by atoms with E-state index in [0.717, 1.165) is 22.4 Å². The van der Waals surface area contributed by atoms with Gasteiger partial charge in [0.15, 0.2) is 0 Å². The van der Waals surface area contributed by atoms with Crippen LogP contribution in [0.4, 0.5) is 5.69 Å². The lowest BCUT2D eigenvalue weighted by Crippen LogP contribution is -2.39. The molecule has 2 N–H and O–H groups in total. The minimum atomic E-state index is -0.131. The van der Waals surface area contributed by atoms with E-state index in [1.807, 2.05) is 69.3 Å². The third-order valence-electron chi connectivity index (χ3n) is 4.25. The van der Waals surface area contributed by atoms with Crippen LogP contribution in [0.15, 0.2) is 48.5 Å². The van der Waals surface area contributed by atoms with Crippen LogP contribution in [0.5, 0.6) is 0 Å². The number of carbonyl (C=O) groups is 2. The predicted molar refractivity (Wildman–Crippen MR) is 105 cm³/mol. The molecule has 0 saturated heterocycles. The summed E-state index contributed by atoms with van der Waals surface area (Å²) in [5.74, 6) is -0.238. The number of benzene rings is 2. The number of aryl methyl sites for hydroxylation is 2. The molecule has 0 aliphatic rings. The highest BCUT2D eigenvalue weighted by atomic mass is 16.2. The molecule has 0 spiro atoms. The van der Waals surface area contributed by atoms with Gasteiger partial charge in [-0.05, 0) is 44.5 Å². The molecule has 2 aromatic rings. The third kappa shape index (κ3) is 5.70. The van der Waals surface area contributed by atoms with E-state index in [2.05, 4.69) is 10.6 Å². The van der Waals surface area contributed by atoms with Crippen LogP contribution >= 0.6 is 0 Å². The van der Waals surface area contributed by atoms with Gasteiger partial charge in [0, 0.05) is 5.69 Å². The standard InChI is InChI=1S/C21H27N3O2/c1-15-9-8-10-16(2)21(15)23-20(26)14-24(4)13-19(25)22-17(3)18-11-6-5-7-12-18/h5-12,17H,13-14H2,1-4H3,(H,22,25)(H,23,26)/t17-/m1/s1. The average Bonchev–Trinajstić information content (AvgIpc) is 2.58. The van der Waals surface area contributed by atoms with Gasteiger partial charge in [-0.25, -0.2) is 0 Å². The Bertz CT molecular complexity index is 739. The largest absolute Gasteiger partial charge is 0.348 e. The number of hydrogen-bond acceptors (Lipinski definition) is 3. The highest BCUT2D eigenvalue weighted by Gasteiger charge is 2.14. The molecule has 5 heteroatoms. The maximum atomic E-state index is 12.3. The Kier molecular flexibility index (Phi) is 6.92. The number of nitrogens with one attached hydrogen (secondary N) is 2. The molecule has 2 rings (SSSR count). The maximum absolute atomic E-state index is 12.3. The first kappa shape index (κ1) is 19.7. The fourth-order valence-electron chi connectivity index (χ4n) is 2.85. The quantitative estimate of drug-likeness (QED) is 0.804. The second-order valence-electron chi connectivity index (χ2n) is 6.69. The molecule has 0 bridgehead atoms. The number of para-hydroxylation sites is 1. The smallest absolute Gasteiger partial charge is 0.238 e. The molecule has 0 aromatic heterocycles. The van der Waals surface area contributed by atoms with Gasteiger partial charge < -0.3 is 10.6 Å². The summed E-state index contributed by atoms with van der Waals surface area (Å²) >= 11 is 0. The van der Waals surface area contributed by atoms with E-state index in [1.54, 1.807) is 11.9 Å². The Morgan fingerprint density at radius 3 is 2.12 bits per heavy atom. The first-order valence-corrected chi connectivity index (χ1v) is 8.75. The normalized spacial score (nSPS) is 11.9. The number of likely N-dealkylation sites (N-methyl/N-ethyl adjacent to an activating group) is 1. The Labute approximate surface area is 155 Å². The lowest BCUT2D eigenvalue weighted by atomic mass is 10.1. The minimum Gasteiger partial charge on any atom is -0.348 e. The van der Waals surface area contributed by atoms with E-state index < -0.39 is 0 Å². The molecule has 0 unspecified atom stereocenters. The molecule has 5 nitrogen and oxygen atoms in total. The van der Waals surface area contributed by atoms with Crippen molar-refractivity contribution in [2.24, 2.45) is 0 Å². The number of rotatable bonds is 7. The van der Waals surface area contributed by atoms with Crippen LogP contribution < -0.4 is 10.6 Å². The molecule has 0 saturated carbocycles. The molecule has 0 heterocycles. The van der Waals surface area contributed by atoms with Gasteiger partial charge in [-0.2, -0.15) is 0 Å². The van der Waals surface area contributed by atoms with Gasteiger partial charge in [0.1, 0.15) is 0 Å². The number of anilines is 1. The Hall–Kier alpha value is -2.66. The number of hydrogen-bond donors (Lipinski definition) is 2. The third-order valence-corrected chi connectivity index (χ3v) is 4.25. The topological polar surface area (TPSA) is 61.4 Å². The highest BCUT2D eigenvalue weighted by molar-refractivity contribution is 5.94. The summed E-state index contributed by atoms with van der Waals surface area (Å²) in [6.45, 7) is 6.19. The minimum absolute atomic E-state index is 0.0689. The molecule has 2 aromatic carbocycles. The molecule has 26 heavy (non-hydrogen) atoms. The fourth-order valence-corrected chi connectivity index (χ4v) is 2.85. The molecular formula is C21H27N3O2. The van der Waals surface area contributed by atoms with Crippen molar-refractivity contribution >= 4 is 17.5 Å². The molecule has 0 aliphatic carbocycles. The van der Waals surface area contributed by atoms with E-state index in [-0.39, 0.29) is 30.9 Å². The van der Waals surface area contributed by atoms with Gasteiger partial charge in [-0.15, -0.1) is 0 Å². The SMILES string of the molecule is Cc1cccc(C)c1NC(=O)CN(C)CC(=O)N[C@H](C)c1ccccc1. The second kappa shape index (κ2) is 9.15. The van der Waals surface area contributed by atoms with E-state index in [1.165, 1.54) is 0 Å². The van der Waals surface area contributed by atoms with E-state index in [9.17, 15) is 9.59 Å². The summed E-state index contributed by atoms with van der Waals surface area (Å²) in [4.78, 5) is 26.2. The number of nitrogens with zero attached hydrogens (tertiary/aromatic N) is 1. The molecule has 0 fully saturated rings. The molecule has 0 aliphatic heterocycles. The molecular weight excluding hydrogens is 326 g/mol. The first-order chi connectivity index (χ1) is 12.4. The molecule has 0 radical (unpaired) electrons. The average molecular weight is 353 g/mol. The van der Waals surface area contributed by atoms with Crippen LogP contribution in [-0.2, 0) is 9.59 Å². The summed E-state index contributed by atoms with van der Waals surface area (Å²) in [5, 5.41) is 5.89. The first-order valence-electron chi connectivity index (χ1n) is 8.75. The molecule has 2 amide bonds. The number of amides is 2. The Morgan fingerprint density at radius 2 is 1.50 bits per heavy atom. The summed E-state index contributed by atoms with van der Waals surface area (Å²) in [5.41, 5.74) is 3.94. The van der Waals surface area contributed by atoms with Gasteiger partial charge in [-0.1, -0.05) is 48.5 Å². The van der Waals surface area contributed by atoms with Crippen molar-refractivity contribution in [3.63, 3.8) is 0 Å². The van der Waals surface area contributed by atoms with Crippen molar-refractivity contribution in [2.45, 2.75) is 26.8 Å². The Morgan fingerprint density at radius 1 is 0.923 bits per heavy atom. The van der Waals surface area contributed by atoms with Gasteiger partial charge in [-0.3, -0.25) is 14.5 Å². The van der Waals surface area contributed by atoms with Crippen LogP contribution in [0.25, 0.3) is 0 Å². The Balaban J connectivity index is 1.83. The zero-order valence-corrected chi connectivity index (χ0v) is 15.9. The van der Waals surface area contributed by atoms with Gasteiger partial charge in [0.25, 0.3) is 0 Å². The maximum Gasteiger partial charge on any atom is 0.238 e. The predicted octanol–water partition coefficient (Wildman–Crippen LogP) is 3.05. The van der Waals surface area contributed by atoms with E-state index >= 15 is 0 Å². The zero-order chi connectivity index (χ0) is 19.1. The van der Waals surface area contributed by atoms with Crippen molar-refractivity contribution in [2.75, 3.05) is 25.5 Å². The van der Waals surface area contributed by atoms with Crippen LogP contribution in [0.2, 0.25) is 0 Å². The van der Waals surface area contributed by atoms with Crippen molar-refractivity contribution in [1.29, 1.82) is 0 Å². The van der Waals surface area contributed by atoms with Crippen molar-refractivity contribution < 1.29 is 9.59 Å². The van der Waals surface area contributed by atoms with E-state index in [0.29, 0.717) is 0 Å². The summed E-state index contributed by atoms with van der Waals surface area (Å²) in [6, 6.07) is 15.6. The van der Waals surface area contributed by atoms with Crippen LogP contribution in [0.3, 0.4) is 0 Å². The summed E-state index contributed by atoms with van der Waals surface area (Å²) < 4.78 is 0.